The fourth-order valence-electron chi connectivity index (χ4n) is 1.67. The number of benzene rings is 1. The van der Waals surface area contributed by atoms with Crippen molar-refractivity contribution in [3.63, 3.8) is 0 Å². The van der Waals surface area contributed by atoms with E-state index in [0.29, 0.717) is 12.3 Å². The highest BCUT2D eigenvalue weighted by Gasteiger charge is 2.20. The van der Waals surface area contributed by atoms with Crippen LogP contribution < -0.4 is 10.5 Å². The predicted octanol–water partition coefficient (Wildman–Crippen LogP) is 3.16. The van der Waals surface area contributed by atoms with Crippen LogP contribution in [0, 0.1) is 0 Å². The maximum absolute atomic E-state index is 5.82. The lowest BCUT2D eigenvalue weighted by atomic mass is 10.00. The molecule has 0 saturated carbocycles. The highest BCUT2D eigenvalue weighted by molar-refractivity contribution is 5.51. The number of hydrogen-bond donors (Lipinski definition) is 1. The van der Waals surface area contributed by atoms with E-state index in [0.717, 1.165) is 25.1 Å². The van der Waals surface area contributed by atoms with Crippen molar-refractivity contribution < 1.29 is 4.74 Å². The van der Waals surface area contributed by atoms with E-state index >= 15 is 0 Å². The monoisotopic (exact) mass is 250 g/mol. The van der Waals surface area contributed by atoms with E-state index < -0.39 is 0 Å². The molecule has 102 valence electrons. The third-order valence-corrected chi connectivity index (χ3v) is 3.71. The minimum Gasteiger partial charge on any atom is -0.491 e. The molecule has 0 aromatic heterocycles. The smallest absolute Gasteiger partial charge is 0.142 e. The van der Waals surface area contributed by atoms with Crippen LogP contribution in [0.25, 0.3) is 0 Å². The van der Waals surface area contributed by atoms with E-state index in [-0.39, 0.29) is 5.54 Å². The highest BCUT2D eigenvalue weighted by atomic mass is 16.5. The van der Waals surface area contributed by atoms with Crippen LogP contribution >= 0.6 is 0 Å². The first-order valence-electron chi connectivity index (χ1n) is 6.66. The lowest BCUT2D eigenvalue weighted by molar-refractivity contribution is 0.140. The lowest BCUT2D eigenvalue weighted by Gasteiger charge is -2.34. The molecule has 0 spiro atoms. The van der Waals surface area contributed by atoms with Crippen molar-refractivity contribution in [2.24, 2.45) is 0 Å². The van der Waals surface area contributed by atoms with Crippen molar-refractivity contribution in [1.82, 2.24) is 4.90 Å². The second kappa shape index (κ2) is 6.64. The van der Waals surface area contributed by atoms with Crippen LogP contribution in [0.4, 0.5) is 5.69 Å². The van der Waals surface area contributed by atoms with Gasteiger partial charge in [0.05, 0.1) is 12.3 Å². The van der Waals surface area contributed by atoms with Crippen molar-refractivity contribution >= 4 is 5.69 Å². The Morgan fingerprint density at radius 3 is 2.56 bits per heavy atom. The van der Waals surface area contributed by atoms with Crippen molar-refractivity contribution in [2.75, 3.05) is 25.9 Å². The van der Waals surface area contributed by atoms with Crippen LogP contribution in [0.1, 0.15) is 33.6 Å². The molecule has 0 amide bonds. The zero-order valence-electron chi connectivity index (χ0n) is 12.1. The van der Waals surface area contributed by atoms with Gasteiger partial charge in [0.25, 0.3) is 0 Å². The Bertz CT molecular complexity index is 363. The summed E-state index contributed by atoms with van der Waals surface area (Å²) in [5.41, 5.74) is 6.78. The van der Waals surface area contributed by atoms with E-state index in [9.17, 15) is 0 Å². The molecule has 0 aliphatic carbocycles. The van der Waals surface area contributed by atoms with E-state index in [1.165, 1.54) is 0 Å². The molecule has 1 rings (SSSR count). The van der Waals surface area contributed by atoms with Gasteiger partial charge in [0.1, 0.15) is 5.75 Å². The molecule has 0 aliphatic rings. The van der Waals surface area contributed by atoms with Gasteiger partial charge in [0.15, 0.2) is 0 Å². The average molecular weight is 250 g/mol. The number of hydrogen-bond acceptors (Lipinski definition) is 3. The summed E-state index contributed by atoms with van der Waals surface area (Å²) in [7, 11) is 2.17. The second-order valence-corrected chi connectivity index (χ2v) is 5.33. The molecule has 3 heteroatoms. The molecule has 1 aromatic carbocycles. The van der Waals surface area contributed by atoms with E-state index in [1.807, 2.05) is 24.3 Å². The first kappa shape index (κ1) is 14.8. The number of para-hydroxylation sites is 2. The summed E-state index contributed by atoms with van der Waals surface area (Å²) in [4.78, 5) is 2.38. The molecule has 0 unspecified atom stereocenters. The predicted molar refractivity (Wildman–Crippen MR) is 78.0 cm³/mol. The molecule has 0 fully saturated rings. The maximum atomic E-state index is 5.82. The number of nitrogen functional groups attached to an aromatic ring is 1. The summed E-state index contributed by atoms with van der Waals surface area (Å²) in [5, 5.41) is 0. The Morgan fingerprint density at radius 1 is 1.28 bits per heavy atom. The van der Waals surface area contributed by atoms with Gasteiger partial charge >= 0.3 is 0 Å². The van der Waals surface area contributed by atoms with Crippen LogP contribution in [0.5, 0.6) is 5.75 Å². The minimum atomic E-state index is 0.256. The Hall–Kier alpha value is -1.22. The molecule has 0 radical (unpaired) electrons. The van der Waals surface area contributed by atoms with Gasteiger partial charge < -0.3 is 15.4 Å². The molecule has 18 heavy (non-hydrogen) atoms. The van der Waals surface area contributed by atoms with Gasteiger partial charge in [-0.25, -0.2) is 0 Å². The number of ether oxygens (including phenoxy) is 1. The van der Waals surface area contributed by atoms with E-state index in [1.54, 1.807) is 0 Å². The van der Waals surface area contributed by atoms with Crippen LogP contribution in [0.15, 0.2) is 24.3 Å². The van der Waals surface area contributed by atoms with Gasteiger partial charge in [-0.15, -0.1) is 0 Å². The number of nitrogens with zero attached hydrogens (tertiary/aromatic N) is 1. The molecule has 0 atom stereocenters. The zero-order chi connectivity index (χ0) is 13.6. The van der Waals surface area contributed by atoms with Gasteiger partial charge in [-0.2, -0.15) is 0 Å². The standard InChI is InChI=1S/C15H26N2O/c1-5-15(2,3)17(4)11-8-12-18-14-10-7-6-9-13(14)16/h6-7,9-10H,5,8,11-12,16H2,1-4H3. The van der Waals surface area contributed by atoms with Gasteiger partial charge in [0, 0.05) is 12.1 Å². The molecule has 2 N–H and O–H groups in total. The van der Waals surface area contributed by atoms with Crippen molar-refractivity contribution in [2.45, 2.75) is 39.2 Å². The largest absolute Gasteiger partial charge is 0.491 e. The minimum absolute atomic E-state index is 0.256. The summed E-state index contributed by atoms with van der Waals surface area (Å²) in [6.07, 6.45) is 2.16. The maximum Gasteiger partial charge on any atom is 0.142 e. The third-order valence-electron chi connectivity index (χ3n) is 3.71. The molecule has 1 aromatic rings. The molecular weight excluding hydrogens is 224 g/mol. The lowest BCUT2D eigenvalue weighted by Crippen LogP contribution is -2.41. The van der Waals surface area contributed by atoms with E-state index in [4.69, 9.17) is 10.5 Å². The summed E-state index contributed by atoms with van der Waals surface area (Å²) < 4.78 is 5.68. The highest BCUT2D eigenvalue weighted by Crippen LogP contribution is 2.20. The van der Waals surface area contributed by atoms with Gasteiger partial charge in [0.2, 0.25) is 0 Å². The second-order valence-electron chi connectivity index (χ2n) is 5.33. The first-order valence-corrected chi connectivity index (χ1v) is 6.66. The molecule has 0 saturated heterocycles. The molecule has 0 bridgehead atoms. The summed E-state index contributed by atoms with van der Waals surface area (Å²) >= 11 is 0. The fraction of sp³-hybridized carbons (Fsp3) is 0.600. The Morgan fingerprint density at radius 2 is 1.94 bits per heavy atom. The Kier molecular flexibility index (Phi) is 5.48. The van der Waals surface area contributed by atoms with E-state index in [2.05, 4.69) is 32.7 Å². The summed E-state index contributed by atoms with van der Waals surface area (Å²) in [6, 6.07) is 7.63. The summed E-state index contributed by atoms with van der Waals surface area (Å²) in [6.45, 7) is 8.50. The normalized spacial score (nSPS) is 11.8. The van der Waals surface area contributed by atoms with Crippen molar-refractivity contribution in [3.05, 3.63) is 24.3 Å². The van der Waals surface area contributed by atoms with Crippen LogP contribution in [-0.2, 0) is 0 Å². The van der Waals surface area contributed by atoms with Crippen LogP contribution in [0.2, 0.25) is 0 Å². The number of nitrogens with two attached hydrogens (primary N) is 1. The van der Waals surface area contributed by atoms with Crippen molar-refractivity contribution in [3.8, 4) is 5.75 Å². The van der Waals surface area contributed by atoms with Gasteiger partial charge in [-0.05, 0) is 45.9 Å². The molecule has 0 aliphatic heterocycles. The van der Waals surface area contributed by atoms with Gasteiger partial charge in [-0.1, -0.05) is 19.1 Å². The zero-order valence-corrected chi connectivity index (χ0v) is 12.1. The Labute approximate surface area is 111 Å². The van der Waals surface area contributed by atoms with Crippen LogP contribution in [-0.4, -0.2) is 30.6 Å². The quantitative estimate of drug-likeness (QED) is 0.597. The first-order chi connectivity index (χ1) is 8.47. The Balaban J connectivity index is 2.29. The SMILES string of the molecule is CCC(C)(C)N(C)CCCOc1ccccc1N. The molecule has 0 heterocycles. The van der Waals surface area contributed by atoms with Crippen molar-refractivity contribution in [1.29, 1.82) is 0 Å². The fourth-order valence-corrected chi connectivity index (χ4v) is 1.67. The molecule has 3 nitrogen and oxygen atoms in total. The molecular formula is C15H26N2O. The van der Waals surface area contributed by atoms with Crippen LogP contribution in [0.3, 0.4) is 0 Å². The summed E-state index contributed by atoms with van der Waals surface area (Å²) in [5.74, 6) is 0.787. The number of rotatable bonds is 7. The van der Waals surface area contributed by atoms with Gasteiger partial charge in [-0.3, -0.25) is 0 Å². The number of anilines is 1. The average Bonchev–Trinajstić information content (AvgIpc) is 2.36. The third kappa shape index (κ3) is 4.22. The topological polar surface area (TPSA) is 38.5 Å².